The summed E-state index contributed by atoms with van der Waals surface area (Å²) >= 11 is 0. The quantitative estimate of drug-likeness (QED) is 0.702. The van der Waals surface area contributed by atoms with E-state index in [1.807, 2.05) is 19.1 Å². The van der Waals surface area contributed by atoms with Gasteiger partial charge in [-0.2, -0.15) is 10.5 Å². The van der Waals surface area contributed by atoms with Crippen molar-refractivity contribution in [1.29, 1.82) is 10.5 Å². The van der Waals surface area contributed by atoms with E-state index in [0.29, 0.717) is 6.54 Å². The lowest BCUT2D eigenvalue weighted by Gasteiger charge is -2.11. The lowest BCUT2D eigenvalue weighted by Crippen LogP contribution is -2.30. The molecule has 1 aromatic rings. The van der Waals surface area contributed by atoms with Crippen molar-refractivity contribution < 1.29 is 5.11 Å². The average Bonchev–Trinajstić information content (AvgIpc) is 2.68. The minimum absolute atomic E-state index is 0.0955. The molecule has 84 valence electrons. The number of aromatic nitrogens is 2. The first kappa shape index (κ1) is 12.2. The smallest absolute Gasteiger partial charge is 0.176 e. The molecule has 1 unspecified atom stereocenters. The van der Waals surface area contributed by atoms with E-state index in [4.69, 9.17) is 10.5 Å². The highest BCUT2D eigenvalue weighted by Gasteiger charge is 2.12. The fourth-order valence-corrected chi connectivity index (χ4v) is 1.32. The zero-order valence-electron chi connectivity index (χ0n) is 9.01. The SMILES string of the molecule is CCNCC(O)Cn1cnc(C#N)c1C#N. The Hall–Kier alpha value is -1.89. The van der Waals surface area contributed by atoms with Crippen LogP contribution in [0.2, 0.25) is 0 Å². The number of rotatable bonds is 5. The van der Waals surface area contributed by atoms with Gasteiger partial charge in [0.2, 0.25) is 0 Å². The summed E-state index contributed by atoms with van der Waals surface area (Å²) in [6, 6.07) is 3.73. The molecule has 0 aliphatic rings. The van der Waals surface area contributed by atoms with E-state index < -0.39 is 6.10 Å². The van der Waals surface area contributed by atoms with Crippen LogP contribution in [0.5, 0.6) is 0 Å². The summed E-state index contributed by atoms with van der Waals surface area (Å²) in [6.07, 6.45) is 0.791. The Balaban J connectivity index is 2.71. The molecule has 0 aliphatic carbocycles. The Morgan fingerprint density at radius 1 is 1.56 bits per heavy atom. The summed E-state index contributed by atoms with van der Waals surface area (Å²) in [4.78, 5) is 3.79. The van der Waals surface area contributed by atoms with Crippen LogP contribution >= 0.6 is 0 Å². The second-order valence-electron chi connectivity index (χ2n) is 3.28. The van der Waals surface area contributed by atoms with Gasteiger partial charge < -0.3 is 15.0 Å². The maximum atomic E-state index is 9.63. The normalized spacial score (nSPS) is 11.8. The predicted octanol–water partition coefficient (Wildman–Crippen LogP) is -0.403. The fourth-order valence-electron chi connectivity index (χ4n) is 1.32. The summed E-state index contributed by atoms with van der Waals surface area (Å²) in [5.74, 6) is 0. The molecule has 0 radical (unpaired) electrons. The minimum Gasteiger partial charge on any atom is -0.390 e. The third kappa shape index (κ3) is 2.80. The van der Waals surface area contributed by atoms with Gasteiger partial charge in [-0.3, -0.25) is 0 Å². The molecule has 1 heterocycles. The Morgan fingerprint density at radius 3 is 2.88 bits per heavy atom. The number of nitrogens with zero attached hydrogens (tertiary/aromatic N) is 4. The van der Waals surface area contributed by atoms with E-state index >= 15 is 0 Å². The highest BCUT2D eigenvalue weighted by Crippen LogP contribution is 2.05. The first-order valence-corrected chi connectivity index (χ1v) is 4.97. The molecule has 0 spiro atoms. The standard InChI is InChI=1S/C10H13N5O/c1-2-13-5-8(16)6-15-7-14-9(3-11)10(15)4-12/h7-8,13,16H,2,5-6H2,1H3. The predicted molar refractivity (Wildman–Crippen MR) is 56.2 cm³/mol. The zero-order chi connectivity index (χ0) is 12.0. The molecule has 2 N–H and O–H groups in total. The van der Waals surface area contributed by atoms with Crippen molar-refractivity contribution in [1.82, 2.24) is 14.9 Å². The third-order valence-electron chi connectivity index (χ3n) is 2.09. The molecule has 0 aromatic carbocycles. The number of nitrogens with one attached hydrogen (secondary N) is 1. The highest BCUT2D eigenvalue weighted by molar-refractivity contribution is 5.36. The van der Waals surface area contributed by atoms with E-state index in [0.717, 1.165) is 6.54 Å². The Bertz CT molecular complexity index is 425. The van der Waals surface area contributed by atoms with Gasteiger partial charge in [0.1, 0.15) is 12.1 Å². The minimum atomic E-state index is -0.604. The van der Waals surface area contributed by atoms with E-state index in [-0.39, 0.29) is 17.9 Å². The van der Waals surface area contributed by atoms with Crippen LogP contribution in [0.15, 0.2) is 6.33 Å². The lowest BCUT2D eigenvalue weighted by molar-refractivity contribution is 0.152. The topological polar surface area (TPSA) is 97.7 Å². The third-order valence-corrected chi connectivity index (χ3v) is 2.09. The molecule has 0 fully saturated rings. The number of aliphatic hydroxyl groups excluding tert-OH is 1. The van der Waals surface area contributed by atoms with E-state index in [2.05, 4.69) is 10.3 Å². The first-order valence-electron chi connectivity index (χ1n) is 4.97. The Labute approximate surface area is 93.8 Å². The summed E-state index contributed by atoms with van der Waals surface area (Å²) in [7, 11) is 0. The molecule has 16 heavy (non-hydrogen) atoms. The van der Waals surface area contributed by atoms with Gasteiger partial charge >= 0.3 is 0 Å². The number of nitriles is 2. The molecule has 0 aliphatic heterocycles. The second-order valence-corrected chi connectivity index (χ2v) is 3.28. The van der Waals surface area contributed by atoms with Gasteiger partial charge in [-0.25, -0.2) is 4.98 Å². The molecular formula is C10H13N5O. The van der Waals surface area contributed by atoms with Crippen molar-refractivity contribution in [3.63, 3.8) is 0 Å². The van der Waals surface area contributed by atoms with E-state index in [1.54, 1.807) is 0 Å². The summed E-state index contributed by atoms with van der Waals surface area (Å²) in [5, 5.41) is 30.2. The summed E-state index contributed by atoms with van der Waals surface area (Å²) < 4.78 is 1.49. The van der Waals surface area contributed by atoms with Crippen LogP contribution in [-0.2, 0) is 6.54 Å². The molecule has 6 nitrogen and oxygen atoms in total. The van der Waals surface area contributed by atoms with Crippen LogP contribution in [0.4, 0.5) is 0 Å². The van der Waals surface area contributed by atoms with Gasteiger partial charge in [0.05, 0.1) is 19.0 Å². The van der Waals surface area contributed by atoms with Crippen molar-refractivity contribution >= 4 is 0 Å². The van der Waals surface area contributed by atoms with Crippen molar-refractivity contribution in [2.45, 2.75) is 19.6 Å². The number of hydrogen-bond donors (Lipinski definition) is 2. The molecule has 0 amide bonds. The van der Waals surface area contributed by atoms with Crippen molar-refractivity contribution in [3.05, 3.63) is 17.7 Å². The van der Waals surface area contributed by atoms with Crippen molar-refractivity contribution in [2.24, 2.45) is 0 Å². The lowest BCUT2D eigenvalue weighted by atomic mass is 10.3. The number of aliphatic hydroxyl groups is 1. The second kappa shape index (κ2) is 5.86. The molecule has 0 saturated heterocycles. The van der Waals surface area contributed by atoms with E-state index in [9.17, 15) is 5.11 Å². The first-order chi connectivity index (χ1) is 7.72. The van der Waals surface area contributed by atoms with Gasteiger partial charge in [-0.05, 0) is 6.54 Å². The van der Waals surface area contributed by atoms with Crippen LogP contribution in [-0.4, -0.2) is 33.9 Å². The van der Waals surface area contributed by atoms with Gasteiger partial charge in [0, 0.05) is 6.54 Å². The Morgan fingerprint density at radius 2 is 2.31 bits per heavy atom. The van der Waals surface area contributed by atoms with Crippen molar-refractivity contribution in [3.8, 4) is 12.1 Å². The summed E-state index contributed by atoms with van der Waals surface area (Å²) in [5.41, 5.74) is 0.288. The molecule has 0 bridgehead atoms. The number of likely N-dealkylation sites (N-methyl/N-ethyl adjacent to an activating group) is 1. The van der Waals surface area contributed by atoms with Crippen LogP contribution in [0.1, 0.15) is 18.3 Å². The molecule has 1 aromatic heterocycles. The van der Waals surface area contributed by atoms with Crippen molar-refractivity contribution in [2.75, 3.05) is 13.1 Å². The summed E-state index contributed by atoms with van der Waals surface area (Å²) in [6.45, 7) is 3.42. The van der Waals surface area contributed by atoms with Crippen LogP contribution < -0.4 is 5.32 Å². The van der Waals surface area contributed by atoms with Gasteiger partial charge in [0.15, 0.2) is 11.4 Å². The fraction of sp³-hybridized carbons (Fsp3) is 0.500. The molecule has 6 heteroatoms. The Kier molecular flexibility index (Phi) is 4.46. The molecule has 0 saturated carbocycles. The number of hydrogen-bond acceptors (Lipinski definition) is 5. The largest absolute Gasteiger partial charge is 0.390 e. The average molecular weight is 219 g/mol. The number of imidazole rings is 1. The molecular weight excluding hydrogens is 206 g/mol. The highest BCUT2D eigenvalue weighted by atomic mass is 16.3. The van der Waals surface area contributed by atoms with E-state index in [1.165, 1.54) is 10.9 Å². The van der Waals surface area contributed by atoms with Crippen LogP contribution in [0.25, 0.3) is 0 Å². The van der Waals surface area contributed by atoms with Gasteiger partial charge in [-0.15, -0.1) is 0 Å². The zero-order valence-corrected chi connectivity index (χ0v) is 9.01. The van der Waals surface area contributed by atoms with Crippen LogP contribution in [0.3, 0.4) is 0 Å². The molecule has 1 atom stereocenters. The maximum Gasteiger partial charge on any atom is 0.176 e. The van der Waals surface area contributed by atoms with Gasteiger partial charge in [0.25, 0.3) is 0 Å². The van der Waals surface area contributed by atoms with Crippen LogP contribution in [0, 0.1) is 22.7 Å². The maximum absolute atomic E-state index is 9.63. The molecule has 1 rings (SSSR count). The van der Waals surface area contributed by atoms with Gasteiger partial charge in [-0.1, -0.05) is 6.92 Å². The monoisotopic (exact) mass is 219 g/mol.